The molecule has 4 saturated carbocycles. The maximum atomic E-state index is 11.5. The number of carboxylic acid groups (broad SMARTS) is 1. The second-order valence-electron chi connectivity index (χ2n) is 17.8. The Kier molecular flexibility index (Phi) is 8.29. The summed E-state index contributed by atoms with van der Waals surface area (Å²) in [7, 11) is 0. The number of carboxylic acids is 1. The summed E-state index contributed by atoms with van der Waals surface area (Å²) in [6, 6.07) is 13.7. The number of hydrogen-bond acceptors (Lipinski definition) is 4. The van der Waals surface area contributed by atoms with Gasteiger partial charge in [0.25, 0.3) is 0 Å². The lowest BCUT2D eigenvalue weighted by Crippen LogP contribution is -2.68. The average Bonchev–Trinajstić information content (AvgIpc) is 3.44. The number of pyridine rings is 1. The van der Waals surface area contributed by atoms with E-state index >= 15 is 0 Å². The van der Waals surface area contributed by atoms with E-state index in [2.05, 4.69) is 75.9 Å². The molecule has 1 aromatic heterocycles. The van der Waals surface area contributed by atoms with Gasteiger partial charge in [0.2, 0.25) is 0 Å². The molecule has 5 aliphatic carbocycles. The molecule has 5 heteroatoms. The number of rotatable bonds is 8. The highest BCUT2D eigenvalue weighted by Gasteiger charge is 2.70. The molecule has 9 unspecified atom stereocenters. The molecule has 4 fully saturated rings. The largest absolute Gasteiger partial charge is 0.478 e. The number of aromatic nitrogens is 1. The van der Waals surface area contributed by atoms with Gasteiger partial charge < -0.3 is 15.7 Å². The van der Waals surface area contributed by atoms with Crippen LogP contribution in [-0.4, -0.2) is 34.7 Å². The van der Waals surface area contributed by atoms with Gasteiger partial charge in [-0.15, -0.1) is 0 Å². The Balaban J connectivity index is 1.16. The summed E-state index contributed by atoms with van der Waals surface area (Å²) in [5.41, 5.74) is 5.45. The minimum absolute atomic E-state index is 0.0300. The highest BCUT2D eigenvalue weighted by molar-refractivity contribution is 5.88. The zero-order chi connectivity index (χ0) is 34.1. The van der Waals surface area contributed by atoms with Gasteiger partial charge in [-0.1, -0.05) is 71.0 Å². The molecule has 48 heavy (non-hydrogen) atoms. The van der Waals surface area contributed by atoms with E-state index < -0.39 is 5.97 Å². The fourth-order valence-corrected chi connectivity index (χ4v) is 13.3. The van der Waals surface area contributed by atoms with E-state index in [1.807, 2.05) is 30.5 Å². The molecule has 5 nitrogen and oxygen atoms in total. The van der Waals surface area contributed by atoms with Gasteiger partial charge in [0.1, 0.15) is 5.82 Å². The van der Waals surface area contributed by atoms with E-state index in [1.165, 1.54) is 68.1 Å². The maximum absolute atomic E-state index is 11.5. The monoisotopic (exact) mass is 649 g/mol. The number of carbonyl (C=O) groups is 1. The number of benzene rings is 1. The number of allylic oxidation sites excluding steroid dienone is 3. The van der Waals surface area contributed by atoms with E-state index in [4.69, 9.17) is 0 Å². The molecule has 0 amide bonds. The van der Waals surface area contributed by atoms with E-state index in [0.29, 0.717) is 46.0 Å². The van der Waals surface area contributed by atoms with Crippen LogP contribution in [0.3, 0.4) is 0 Å². The minimum Gasteiger partial charge on any atom is -0.478 e. The van der Waals surface area contributed by atoms with Crippen LogP contribution in [0.15, 0.2) is 66.9 Å². The summed E-state index contributed by atoms with van der Waals surface area (Å²) in [5.74, 6) is 3.36. The molecular formula is C43H59N3O2. The molecule has 7 rings (SSSR count). The van der Waals surface area contributed by atoms with Crippen molar-refractivity contribution in [2.75, 3.05) is 18.4 Å². The Hall–Kier alpha value is -2.92. The highest BCUT2D eigenvalue weighted by Crippen LogP contribution is 2.76. The Morgan fingerprint density at radius 1 is 0.896 bits per heavy atom. The van der Waals surface area contributed by atoms with Crippen LogP contribution < -0.4 is 10.6 Å². The molecule has 5 aliphatic rings. The normalized spacial score (nSPS) is 39.6. The van der Waals surface area contributed by atoms with Crippen molar-refractivity contribution in [1.29, 1.82) is 0 Å². The molecule has 0 bridgehead atoms. The average molecular weight is 650 g/mol. The molecular weight excluding hydrogens is 590 g/mol. The first-order valence-corrected chi connectivity index (χ1v) is 18.9. The third-order valence-electron chi connectivity index (χ3n) is 15.7. The molecule has 9 atom stereocenters. The fraction of sp³-hybridized carbons (Fsp3) is 0.628. The van der Waals surface area contributed by atoms with Crippen molar-refractivity contribution in [2.24, 2.45) is 51.2 Å². The number of nitrogens with zero attached hydrogens (tertiary/aromatic N) is 1. The van der Waals surface area contributed by atoms with Crippen LogP contribution in [0.5, 0.6) is 0 Å². The third-order valence-corrected chi connectivity index (χ3v) is 15.7. The molecule has 258 valence electrons. The van der Waals surface area contributed by atoms with E-state index in [1.54, 1.807) is 12.1 Å². The van der Waals surface area contributed by atoms with Crippen molar-refractivity contribution in [3.8, 4) is 0 Å². The molecule has 1 heterocycles. The summed E-state index contributed by atoms with van der Waals surface area (Å²) < 4.78 is 0. The first-order valence-electron chi connectivity index (χ1n) is 18.9. The number of aromatic carboxylic acids is 1. The predicted octanol–water partition coefficient (Wildman–Crippen LogP) is 9.88. The highest BCUT2D eigenvalue weighted by atomic mass is 16.4. The Labute approximate surface area is 289 Å². The number of hydrogen-bond donors (Lipinski definition) is 3. The summed E-state index contributed by atoms with van der Waals surface area (Å²) in [5, 5.41) is 17.2. The van der Waals surface area contributed by atoms with Gasteiger partial charge in [-0.2, -0.15) is 0 Å². The van der Waals surface area contributed by atoms with Crippen molar-refractivity contribution in [2.45, 2.75) is 105 Å². The van der Waals surface area contributed by atoms with Crippen LogP contribution in [0.2, 0.25) is 0 Å². The number of fused-ring (bicyclic) bond motifs is 7. The Morgan fingerprint density at radius 2 is 1.67 bits per heavy atom. The molecule has 0 spiro atoms. The molecule has 0 aliphatic heterocycles. The summed E-state index contributed by atoms with van der Waals surface area (Å²) >= 11 is 0. The van der Waals surface area contributed by atoms with Crippen molar-refractivity contribution >= 4 is 17.4 Å². The van der Waals surface area contributed by atoms with Crippen molar-refractivity contribution in [1.82, 2.24) is 10.3 Å². The van der Waals surface area contributed by atoms with E-state index in [-0.39, 0.29) is 16.4 Å². The zero-order valence-corrected chi connectivity index (χ0v) is 30.4. The zero-order valence-electron chi connectivity index (χ0n) is 30.4. The van der Waals surface area contributed by atoms with Crippen LogP contribution >= 0.6 is 0 Å². The van der Waals surface area contributed by atoms with Crippen LogP contribution in [0, 0.1) is 51.2 Å². The second kappa shape index (κ2) is 11.9. The van der Waals surface area contributed by atoms with Gasteiger partial charge in [0.05, 0.1) is 5.56 Å². The summed E-state index contributed by atoms with van der Waals surface area (Å²) in [4.78, 5) is 16.0. The van der Waals surface area contributed by atoms with Crippen molar-refractivity contribution < 1.29 is 9.90 Å². The molecule has 0 radical (unpaired) electrons. The first-order chi connectivity index (χ1) is 22.8. The molecule has 0 saturated heterocycles. The van der Waals surface area contributed by atoms with Gasteiger partial charge in [-0.25, -0.2) is 9.78 Å². The maximum Gasteiger partial charge on any atom is 0.335 e. The quantitative estimate of drug-likeness (QED) is 0.196. The van der Waals surface area contributed by atoms with Gasteiger partial charge in [-0.3, -0.25) is 0 Å². The molecule has 2 aromatic rings. The second-order valence-corrected chi connectivity index (χ2v) is 17.8. The van der Waals surface area contributed by atoms with Crippen LogP contribution in [0.1, 0.15) is 115 Å². The van der Waals surface area contributed by atoms with Crippen LogP contribution in [0.25, 0.3) is 5.57 Å². The standard InChI is InChI=1S/C43H59N3O2/c1-28(2)31-17-22-43(46-27-26-45-36-10-8-9-25-44-36)24-23-41(6)33(37(31)43)15-16-35-40(5)20-18-32(29-11-13-30(14-12-29)38(47)48)39(3,4)34(40)19-21-42(35,41)7/h8-14,18,25,31,33-35,37,46H,1,15-17,19-24,26-27H2,2-7H3,(H,44,45)(H,47,48). The lowest BCUT2D eigenvalue weighted by molar-refractivity contribution is -0.219. The van der Waals surface area contributed by atoms with Gasteiger partial charge in [0.15, 0.2) is 0 Å². The summed E-state index contributed by atoms with van der Waals surface area (Å²) in [6.45, 7) is 21.8. The molecule has 1 aromatic carbocycles. The van der Waals surface area contributed by atoms with Crippen LogP contribution in [-0.2, 0) is 0 Å². The topological polar surface area (TPSA) is 74.2 Å². The van der Waals surface area contributed by atoms with Crippen molar-refractivity contribution in [3.63, 3.8) is 0 Å². The molecule has 3 N–H and O–H groups in total. The third kappa shape index (κ3) is 4.95. The first kappa shape index (κ1) is 33.6. The van der Waals surface area contributed by atoms with E-state index in [0.717, 1.165) is 25.3 Å². The lowest BCUT2D eigenvalue weighted by Gasteiger charge is -2.72. The fourth-order valence-electron chi connectivity index (χ4n) is 13.3. The smallest absolute Gasteiger partial charge is 0.335 e. The predicted molar refractivity (Wildman–Crippen MR) is 197 cm³/mol. The van der Waals surface area contributed by atoms with Crippen molar-refractivity contribution in [3.05, 3.63) is 78.0 Å². The van der Waals surface area contributed by atoms with E-state index in [9.17, 15) is 9.90 Å². The lowest BCUT2D eigenvalue weighted by atomic mass is 9.33. The minimum atomic E-state index is -0.859. The number of anilines is 1. The number of nitrogens with one attached hydrogen (secondary N) is 2. The van der Waals surface area contributed by atoms with Gasteiger partial charge in [-0.05, 0) is 151 Å². The van der Waals surface area contributed by atoms with Gasteiger partial charge in [0, 0.05) is 24.8 Å². The van der Waals surface area contributed by atoms with Gasteiger partial charge >= 0.3 is 5.97 Å². The Morgan fingerprint density at radius 3 is 2.35 bits per heavy atom. The summed E-state index contributed by atoms with van der Waals surface area (Å²) in [6.07, 6.45) is 15.9. The SMILES string of the molecule is C=C(C)C1CCC2(NCCNc3ccccn3)CCC3(C)C(CCC4C5(C)CC=C(c6ccc(C(=O)O)cc6)C(C)(C)C5CCC43C)C12. The van der Waals surface area contributed by atoms with Crippen LogP contribution in [0.4, 0.5) is 5.82 Å². The Bertz CT molecular complexity index is 1580.